The molecule has 154 valence electrons. The van der Waals surface area contributed by atoms with Crippen molar-refractivity contribution in [2.45, 2.75) is 0 Å². The molecule has 7 heteroatoms. The van der Waals surface area contributed by atoms with Crippen molar-refractivity contribution < 1.29 is 19.0 Å². The fourth-order valence-corrected chi connectivity index (χ4v) is 3.48. The van der Waals surface area contributed by atoms with E-state index >= 15 is 0 Å². The fraction of sp³-hybridized carbons (Fsp3) is 0.125. The number of hydrogen-bond acceptors (Lipinski definition) is 6. The van der Waals surface area contributed by atoms with Gasteiger partial charge in [0.25, 0.3) is 5.91 Å². The Hall–Kier alpha value is -4.31. The molecule has 0 radical (unpaired) electrons. The smallest absolute Gasteiger partial charge is 0.257 e. The maximum absolute atomic E-state index is 12.6. The first-order chi connectivity index (χ1) is 15.1. The van der Waals surface area contributed by atoms with Crippen molar-refractivity contribution in [3.8, 4) is 34.4 Å². The molecule has 4 rings (SSSR count). The summed E-state index contributed by atoms with van der Waals surface area (Å²) in [6.45, 7) is 0. The molecule has 0 atom stereocenters. The molecule has 0 saturated heterocycles. The van der Waals surface area contributed by atoms with E-state index in [1.165, 1.54) is 0 Å². The van der Waals surface area contributed by atoms with E-state index in [4.69, 9.17) is 19.5 Å². The van der Waals surface area contributed by atoms with Gasteiger partial charge in [-0.05, 0) is 47.5 Å². The van der Waals surface area contributed by atoms with Gasteiger partial charge in [0.05, 0.1) is 38.5 Å². The van der Waals surface area contributed by atoms with Crippen molar-refractivity contribution in [2.75, 3.05) is 26.6 Å². The highest BCUT2D eigenvalue weighted by Gasteiger charge is 2.26. The zero-order valence-electron chi connectivity index (χ0n) is 17.2. The number of nitriles is 1. The fourth-order valence-electron chi connectivity index (χ4n) is 3.48. The summed E-state index contributed by atoms with van der Waals surface area (Å²) in [6, 6.07) is 14.7. The number of methoxy groups -OCH3 is 3. The molecule has 2 aromatic carbocycles. The van der Waals surface area contributed by atoms with E-state index in [-0.39, 0.29) is 5.91 Å². The van der Waals surface area contributed by atoms with Crippen LogP contribution in [0.3, 0.4) is 0 Å². The first-order valence-electron chi connectivity index (χ1n) is 9.42. The second-order valence-corrected chi connectivity index (χ2v) is 6.78. The number of nitrogens with zero attached hydrogens (tertiary/aromatic N) is 2. The van der Waals surface area contributed by atoms with Crippen LogP contribution in [0.15, 0.2) is 48.7 Å². The number of nitrogens with one attached hydrogen (secondary N) is 1. The number of carbonyl (C=O) groups excluding carboxylic acids is 1. The third kappa shape index (κ3) is 3.67. The van der Waals surface area contributed by atoms with Gasteiger partial charge in [0.1, 0.15) is 5.82 Å². The van der Waals surface area contributed by atoms with Crippen LogP contribution in [0.2, 0.25) is 0 Å². The van der Waals surface area contributed by atoms with Gasteiger partial charge in [0.2, 0.25) is 5.75 Å². The minimum Gasteiger partial charge on any atom is -0.493 e. The Bertz CT molecular complexity index is 1230. The SMILES string of the molecule is COc1cc(-c2cnc3c(c2)/C(=C/c2cccc(C#N)c2)C(=O)N3)cc(OC)c1OC. The summed E-state index contributed by atoms with van der Waals surface area (Å²) in [6.07, 6.45) is 3.43. The van der Waals surface area contributed by atoms with Gasteiger partial charge in [0, 0.05) is 17.3 Å². The molecular formula is C24H19N3O4. The van der Waals surface area contributed by atoms with Crippen molar-refractivity contribution in [1.29, 1.82) is 5.26 Å². The highest BCUT2D eigenvalue weighted by Crippen LogP contribution is 2.42. The van der Waals surface area contributed by atoms with Crippen LogP contribution in [0.1, 0.15) is 16.7 Å². The third-order valence-electron chi connectivity index (χ3n) is 4.98. The van der Waals surface area contributed by atoms with Crippen LogP contribution in [-0.4, -0.2) is 32.2 Å². The monoisotopic (exact) mass is 413 g/mol. The molecule has 0 spiro atoms. The molecule has 1 amide bonds. The number of rotatable bonds is 5. The minimum atomic E-state index is -0.244. The lowest BCUT2D eigenvalue weighted by atomic mass is 10.00. The van der Waals surface area contributed by atoms with E-state index in [0.29, 0.717) is 39.8 Å². The summed E-state index contributed by atoms with van der Waals surface area (Å²) >= 11 is 0. The third-order valence-corrected chi connectivity index (χ3v) is 4.98. The average molecular weight is 413 g/mol. The van der Waals surface area contributed by atoms with E-state index in [9.17, 15) is 4.79 Å². The number of benzene rings is 2. The maximum Gasteiger partial charge on any atom is 0.257 e. The molecule has 1 aliphatic heterocycles. The van der Waals surface area contributed by atoms with Gasteiger partial charge in [-0.1, -0.05) is 12.1 Å². The lowest BCUT2D eigenvalue weighted by Gasteiger charge is -2.14. The molecule has 2 heterocycles. The van der Waals surface area contributed by atoms with Crippen LogP contribution >= 0.6 is 0 Å². The van der Waals surface area contributed by atoms with Crippen LogP contribution in [0.25, 0.3) is 22.8 Å². The van der Waals surface area contributed by atoms with Crippen molar-refractivity contribution in [3.05, 3.63) is 65.4 Å². The zero-order valence-corrected chi connectivity index (χ0v) is 17.2. The van der Waals surface area contributed by atoms with Crippen LogP contribution in [0, 0.1) is 11.3 Å². The lowest BCUT2D eigenvalue weighted by molar-refractivity contribution is -0.110. The van der Waals surface area contributed by atoms with Gasteiger partial charge in [-0.2, -0.15) is 5.26 Å². The number of fused-ring (bicyclic) bond motifs is 1. The molecule has 0 unspecified atom stereocenters. The molecule has 1 aromatic heterocycles. The van der Waals surface area contributed by atoms with Gasteiger partial charge in [-0.15, -0.1) is 0 Å². The predicted octanol–water partition coefficient (Wildman–Crippen LogP) is 4.14. The summed E-state index contributed by atoms with van der Waals surface area (Å²) in [4.78, 5) is 17.0. The van der Waals surface area contributed by atoms with Crippen LogP contribution in [0.5, 0.6) is 17.2 Å². The molecule has 1 aliphatic rings. The topological polar surface area (TPSA) is 93.5 Å². The summed E-state index contributed by atoms with van der Waals surface area (Å²) in [5.41, 5.74) is 4.03. The van der Waals surface area contributed by atoms with E-state index < -0.39 is 0 Å². The van der Waals surface area contributed by atoms with Gasteiger partial charge < -0.3 is 19.5 Å². The Labute approximate surface area is 179 Å². The summed E-state index contributed by atoms with van der Waals surface area (Å²) in [5, 5.41) is 11.9. The first-order valence-corrected chi connectivity index (χ1v) is 9.42. The average Bonchev–Trinajstić information content (AvgIpc) is 3.12. The molecule has 0 saturated carbocycles. The van der Waals surface area contributed by atoms with Crippen molar-refractivity contribution >= 4 is 23.4 Å². The second-order valence-electron chi connectivity index (χ2n) is 6.78. The number of ether oxygens (including phenoxy) is 3. The molecular weight excluding hydrogens is 394 g/mol. The molecule has 1 N–H and O–H groups in total. The Morgan fingerprint density at radius 1 is 1.00 bits per heavy atom. The van der Waals surface area contributed by atoms with Gasteiger partial charge in [-0.25, -0.2) is 4.98 Å². The number of anilines is 1. The largest absolute Gasteiger partial charge is 0.493 e. The first kappa shape index (κ1) is 20.0. The number of amides is 1. The van der Waals surface area contributed by atoms with Crippen molar-refractivity contribution in [2.24, 2.45) is 0 Å². The van der Waals surface area contributed by atoms with Crippen LogP contribution in [-0.2, 0) is 4.79 Å². The van der Waals surface area contributed by atoms with Gasteiger partial charge in [-0.3, -0.25) is 4.79 Å². The van der Waals surface area contributed by atoms with E-state index in [2.05, 4.69) is 16.4 Å². The Morgan fingerprint density at radius 2 is 1.74 bits per heavy atom. The standard InChI is InChI=1S/C24H19N3O4/c1-29-20-10-16(11-21(30-2)22(20)31-3)17-9-18-19(24(28)27-23(18)26-13-17)8-14-5-4-6-15(7-14)12-25/h4-11,13H,1-3H3,(H,26,27,28)/b19-8-. The minimum absolute atomic E-state index is 0.244. The lowest BCUT2D eigenvalue weighted by Crippen LogP contribution is -2.04. The Balaban J connectivity index is 1.81. The quantitative estimate of drug-likeness (QED) is 0.632. The maximum atomic E-state index is 12.6. The molecule has 31 heavy (non-hydrogen) atoms. The molecule has 0 aliphatic carbocycles. The number of aromatic nitrogens is 1. The van der Waals surface area contributed by atoms with Gasteiger partial charge >= 0.3 is 0 Å². The molecule has 0 bridgehead atoms. The highest BCUT2D eigenvalue weighted by molar-refractivity contribution is 6.34. The van der Waals surface area contributed by atoms with E-state index in [0.717, 1.165) is 16.7 Å². The Morgan fingerprint density at radius 3 is 2.39 bits per heavy atom. The Kier molecular flexibility index (Phi) is 5.29. The zero-order chi connectivity index (χ0) is 22.0. The molecule has 0 fully saturated rings. The van der Waals surface area contributed by atoms with Crippen LogP contribution in [0.4, 0.5) is 5.82 Å². The summed E-state index contributed by atoms with van der Waals surface area (Å²) in [5.74, 6) is 1.79. The van der Waals surface area contributed by atoms with E-state index in [1.807, 2.05) is 24.3 Å². The number of carbonyl (C=O) groups is 1. The van der Waals surface area contributed by atoms with Gasteiger partial charge in [0.15, 0.2) is 11.5 Å². The molecule has 3 aromatic rings. The summed E-state index contributed by atoms with van der Waals surface area (Å²) < 4.78 is 16.3. The number of pyridine rings is 1. The normalized spacial score (nSPS) is 13.4. The van der Waals surface area contributed by atoms with Crippen molar-refractivity contribution in [1.82, 2.24) is 4.98 Å². The number of hydrogen-bond donors (Lipinski definition) is 1. The van der Waals surface area contributed by atoms with Crippen LogP contribution < -0.4 is 19.5 Å². The highest BCUT2D eigenvalue weighted by atomic mass is 16.5. The van der Waals surface area contributed by atoms with Crippen molar-refractivity contribution in [3.63, 3.8) is 0 Å². The van der Waals surface area contributed by atoms with E-state index in [1.54, 1.807) is 51.8 Å². The summed E-state index contributed by atoms with van der Waals surface area (Å²) in [7, 11) is 4.66. The molecule has 7 nitrogen and oxygen atoms in total. The predicted molar refractivity (Wildman–Crippen MR) is 117 cm³/mol. The second kappa shape index (κ2) is 8.20.